The van der Waals surface area contributed by atoms with Gasteiger partial charge in [0.05, 0.1) is 22.4 Å². The molecule has 9 aromatic rings. The number of nitrogens with zero attached hydrogens (tertiary/aromatic N) is 4. The number of hydrogen-bond donors (Lipinski definition) is 0. The Morgan fingerprint density at radius 1 is 0.459 bits per heavy atom. The van der Waals surface area contributed by atoms with Gasteiger partial charge < -0.3 is 14.5 Å². The predicted molar refractivity (Wildman–Crippen MR) is 315 cm³/mol. The van der Waals surface area contributed by atoms with Crippen molar-refractivity contribution in [3.05, 3.63) is 203 Å². The number of para-hydroxylation sites is 1. The molecule has 0 N–H and O–H groups in total. The van der Waals surface area contributed by atoms with E-state index in [1.807, 2.05) is 6.20 Å². The molecule has 0 bridgehead atoms. The number of fused-ring (bicyclic) bond motifs is 4. The van der Waals surface area contributed by atoms with E-state index in [0.29, 0.717) is 18.5 Å². The highest BCUT2D eigenvalue weighted by atomic mass is 16.5. The summed E-state index contributed by atoms with van der Waals surface area (Å²) >= 11 is 0. The first kappa shape index (κ1) is 50.4. The summed E-state index contributed by atoms with van der Waals surface area (Å²) in [6.45, 7) is 35.5. The lowest BCUT2D eigenvalue weighted by molar-refractivity contribution is 0.483. The van der Waals surface area contributed by atoms with E-state index in [1.165, 1.54) is 67.0 Å². The fourth-order valence-corrected chi connectivity index (χ4v) is 11.3. The van der Waals surface area contributed by atoms with Crippen LogP contribution in [0.4, 0.5) is 22.7 Å². The van der Waals surface area contributed by atoms with Gasteiger partial charge in [-0.1, -0.05) is 183 Å². The third kappa shape index (κ3) is 9.29. The minimum absolute atomic E-state index is 0.000618. The summed E-state index contributed by atoms with van der Waals surface area (Å²) in [5.41, 5.74) is 18.1. The normalized spacial score (nSPS) is 13.5. The minimum atomic E-state index is -0.231. The molecule has 74 heavy (non-hydrogen) atoms. The first-order valence-electron chi connectivity index (χ1n) is 26.9. The summed E-state index contributed by atoms with van der Waals surface area (Å²) in [6, 6.07) is 58.4. The zero-order valence-corrected chi connectivity index (χ0v) is 46.6. The second-order valence-electron chi connectivity index (χ2n) is 25.0. The van der Waals surface area contributed by atoms with E-state index in [1.54, 1.807) is 0 Å². The first-order chi connectivity index (χ1) is 35.0. The second-order valence-corrected chi connectivity index (χ2v) is 25.0. The summed E-state index contributed by atoms with van der Waals surface area (Å²) in [5.74, 6) is 3.05. The number of anilines is 4. The van der Waals surface area contributed by atoms with Crippen molar-refractivity contribution in [2.45, 2.75) is 137 Å². The van der Waals surface area contributed by atoms with Gasteiger partial charge in [-0.2, -0.15) is 0 Å². The van der Waals surface area contributed by atoms with Crippen molar-refractivity contribution in [3.8, 4) is 28.4 Å². The van der Waals surface area contributed by atoms with Gasteiger partial charge in [-0.05, 0) is 145 Å². The van der Waals surface area contributed by atoms with Gasteiger partial charge in [0.2, 0.25) is 0 Å². The van der Waals surface area contributed by atoms with Crippen molar-refractivity contribution in [1.82, 2.24) is 9.55 Å². The van der Waals surface area contributed by atoms with E-state index in [4.69, 9.17) is 9.72 Å². The topological polar surface area (TPSA) is 33.5 Å². The maximum Gasteiger partial charge on any atom is 0.137 e. The standard InChI is InChI=1S/C69H76N4O/c1-44(2)54-28-22-29-55(45(3)4)65(54)46-35-51(72-43-71(50-26-21-25-48(37-50)66(5,6)7)62-41-58(67(8,9)10)59(42-63(62)72)68(11,12)13)39-53(36-46)74-52-31-32-57-56-27-19-20-30-60(56)73(61(57)40-52)64-38-49(33-34-70-64)69(14,15)47-23-17-16-18-24-47/h16-42,44-45H,43H2,1-15H3. The van der Waals surface area contributed by atoms with Gasteiger partial charge in [0, 0.05) is 45.9 Å². The van der Waals surface area contributed by atoms with Crippen molar-refractivity contribution in [1.29, 1.82) is 0 Å². The van der Waals surface area contributed by atoms with Crippen LogP contribution in [0.15, 0.2) is 164 Å². The number of pyridine rings is 1. The molecule has 0 aliphatic carbocycles. The molecule has 0 atom stereocenters. The second kappa shape index (κ2) is 18.7. The van der Waals surface area contributed by atoms with E-state index in [0.717, 1.165) is 45.0 Å². The number of aromatic nitrogens is 2. The highest BCUT2D eigenvalue weighted by Crippen LogP contribution is 2.51. The maximum atomic E-state index is 7.29. The molecule has 3 heterocycles. The van der Waals surface area contributed by atoms with E-state index < -0.39 is 0 Å². The van der Waals surface area contributed by atoms with Crippen LogP contribution in [0.1, 0.15) is 155 Å². The SMILES string of the molecule is CC(C)c1cccc(C(C)C)c1-c1cc(Oc2ccc3c4ccccc4n(-c4cc(C(C)(C)c5ccccc5)ccn4)c3c2)cc(N2CN(c3cccc(C(C)(C)C)c3)c3cc(C(C)(C)C)c(C(C)(C)C)cc32)c1. The molecule has 0 saturated heterocycles. The van der Waals surface area contributed by atoms with Crippen LogP contribution in [0, 0.1) is 0 Å². The fourth-order valence-electron chi connectivity index (χ4n) is 11.3. The third-order valence-corrected chi connectivity index (χ3v) is 15.6. The molecule has 0 amide bonds. The van der Waals surface area contributed by atoms with Gasteiger partial charge in [0.25, 0.3) is 0 Å². The Balaban J connectivity index is 1.17. The summed E-state index contributed by atoms with van der Waals surface area (Å²) in [5, 5.41) is 2.33. The van der Waals surface area contributed by atoms with E-state index in [-0.39, 0.29) is 21.7 Å². The molecular formula is C69H76N4O. The molecule has 1 aliphatic rings. The van der Waals surface area contributed by atoms with Gasteiger partial charge in [0.1, 0.15) is 24.0 Å². The Labute approximate surface area is 441 Å². The lowest BCUT2D eigenvalue weighted by Crippen LogP contribution is -2.24. The number of benzene rings is 7. The maximum absolute atomic E-state index is 7.29. The zero-order chi connectivity index (χ0) is 52.6. The molecular weight excluding hydrogens is 901 g/mol. The summed E-state index contributed by atoms with van der Waals surface area (Å²) in [7, 11) is 0. The van der Waals surface area contributed by atoms with Gasteiger partial charge >= 0.3 is 0 Å². The molecule has 2 aromatic heterocycles. The van der Waals surface area contributed by atoms with Crippen molar-refractivity contribution >= 4 is 44.6 Å². The Hall–Kier alpha value is -7.11. The van der Waals surface area contributed by atoms with Crippen LogP contribution in [0.5, 0.6) is 11.5 Å². The Bertz CT molecular complexity index is 3530. The fraction of sp³-hybridized carbons (Fsp3) is 0.319. The molecule has 0 spiro atoms. The van der Waals surface area contributed by atoms with Crippen LogP contribution >= 0.6 is 0 Å². The minimum Gasteiger partial charge on any atom is -0.457 e. The van der Waals surface area contributed by atoms with Gasteiger partial charge in [0.15, 0.2) is 0 Å². The number of rotatable bonds is 10. The van der Waals surface area contributed by atoms with Crippen molar-refractivity contribution in [2.24, 2.45) is 0 Å². The smallest absolute Gasteiger partial charge is 0.137 e. The highest BCUT2D eigenvalue weighted by molar-refractivity contribution is 6.09. The molecule has 0 fully saturated rings. The summed E-state index contributed by atoms with van der Waals surface area (Å²) in [6.07, 6.45) is 1.96. The van der Waals surface area contributed by atoms with E-state index >= 15 is 0 Å². The van der Waals surface area contributed by atoms with Gasteiger partial charge in [-0.15, -0.1) is 0 Å². The van der Waals surface area contributed by atoms with Gasteiger partial charge in [-0.3, -0.25) is 4.57 Å². The Morgan fingerprint density at radius 3 is 1.69 bits per heavy atom. The van der Waals surface area contributed by atoms with Gasteiger partial charge in [-0.25, -0.2) is 4.98 Å². The van der Waals surface area contributed by atoms with Crippen LogP contribution < -0.4 is 14.5 Å². The molecule has 10 rings (SSSR count). The average molecular weight is 977 g/mol. The molecule has 5 nitrogen and oxygen atoms in total. The highest BCUT2D eigenvalue weighted by Gasteiger charge is 2.35. The van der Waals surface area contributed by atoms with E-state index in [9.17, 15) is 0 Å². The van der Waals surface area contributed by atoms with Crippen LogP contribution in [0.3, 0.4) is 0 Å². The lowest BCUT2D eigenvalue weighted by atomic mass is 9.74. The van der Waals surface area contributed by atoms with E-state index in [2.05, 4.69) is 276 Å². The largest absolute Gasteiger partial charge is 0.457 e. The average Bonchev–Trinajstić information content (AvgIpc) is 3.91. The predicted octanol–water partition coefficient (Wildman–Crippen LogP) is 19.4. The van der Waals surface area contributed by atoms with Crippen LogP contribution in [0.2, 0.25) is 0 Å². The van der Waals surface area contributed by atoms with Crippen LogP contribution in [0.25, 0.3) is 38.8 Å². The Kier molecular flexibility index (Phi) is 12.7. The molecule has 0 unspecified atom stereocenters. The molecule has 7 aromatic carbocycles. The van der Waals surface area contributed by atoms with Crippen molar-refractivity contribution in [3.63, 3.8) is 0 Å². The molecule has 0 saturated carbocycles. The third-order valence-electron chi connectivity index (χ3n) is 15.6. The number of ether oxygens (including phenoxy) is 1. The molecule has 378 valence electrons. The monoisotopic (exact) mass is 977 g/mol. The quantitative estimate of drug-likeness (QED) is 0.137. The summed E-state index contributed by atoms with van der Waals surface area (Å²) < 4.78 is 9.60. The van der Waals surface area contributed by atoms with Crippen molar-refractivity contribution < 1.29 is 4.74 Å². The Morgan fingerprint density at radius 2 is 1.05 bits per heavy atom. The molecule has 0 radical (unpaired) electrons. The van der Waals surface area contributed by atoms with Crippen LogP contribution in [-0.2, 0) is 21.7 Å². The molecule has 5 heteroatoms. The van der Waals surface area contributed by atoms with Crippen molar-refractivity contribution in [2.75, 3.05) is 16.5 Å². The summed E-state index contributed by atoms with van der Waals surface area (Å²) in [4.78, 5) is 10.1. The first-order valence-corrected chi connectivity index (χ1v) is 26.9. The van der Waals surface area contributed by atoms with Crippen LogP contribution in [-0.4, -0.2) is 16.2 Å². The molecule has 1 aliphatic heterocycles. The number of hydrogen-bond acceptors (Lipinski definition) is 4. The zero-order valence-electron chi connectivity index (χ0n) is 46.6. The lowest BCUT2D eigenvalue weighted by Gasteiger charge is -2.32.